The van der Waals surface area contributed by atoms with E-state index in [0.717, 1.165) is 6.42 Å². The minimum Gasteiger partial charge on any atom is -0.355 e. The van der Waals surface area contributed by atoms with Crippen molar-refractivity contribution >= 4 is 23.5 Å². The van der Waals surface area contributed by atoms with Crippen LogP contribution in [0.15, 0.2) is 24.4 Å². The number of rotatable bonds is 1. The largest absolute Gasteiger partial charge is 0.355 e. The summed E-state index contributed by atoms with van der Waals surface area (Å²) in [6, 6.07) is 5.32. The predicted molar refractivity (Wildman–Crippen MR) is 78.3 cm³/mol. The fraction of sp³-hybridized carbons (Fsp3) is 0.429. The number of fused-ring (bicyclic) bond motifs is 1. The third-order valence-electron chi connectivity index (χ3n) is 4.38. The van der Waals surface area contributed by atoms with Crippen LogP contribution in [0.4, 0.5) is 10.7 Å². The van der Waals surface area contributed by atoms with Gasteiger partial charge in [0.25, 0.3) is 5.95 Å². The number of carbonyl (C=O) groups is 2. The van der Waals surface area contributed by atoms with Crippen molar-refractivity contribution in [3.05, 3.63) is 24.4 Å². The molecule has 2 aliphatic heterocycles. The van der Waals surface area contributed by atoms with Crippen molar-refractivity contribution in [3.63, 3.8) is 0 Å². The Morgan fingerprint density at radius 2 is 2.32 bits per heavy atom. The molecule has 114 valence electrons. The highest BCUT2D eigenvalue weighted by molar-refractivity contribution is 5.88. The first-order valence-electron chi connectivity index (χ1n) is 7.28. The summed E-state index contributed by atoms with van der Waals surface area (Å²) in [5.74, 6) is 0.363. The first-order chi connectivity index (χ1) is 10.6. The van der Waals surface area contributed by atoms with Crippen molar-refractivity contribution in [1.82, 2.24) is 24.8 Å². The zero-order valence-corrected chi connectivity index (χ0v) is 12.0. The number of amides is 3. The first kappa shape index (κ1) is 13.1. The average molecular weight is 300 g/mol. The van der Waals surface area contributed by atoms with E-state index < -0.39 is 0 Å². The van der Waals surface area contributed by atoms with Gasteiger partial charge in [-0.25, -0.2) is 9.31 Å². The molecule has 2 aliphatic rings. The van der Waals surface area contributed by atoms with Gasteiger partial charge >= 0.3 is 6.03 Å². The van der Waals surface area contributed by atoms with E-state index >= 15 is 0 Å². The Morgan fingerprint density at radius 3 is 3.09 bits per heavy atom. The number of pyridine rings is 1. The summed E-state index contributed by atoms with van der Waals surface area (Å²) in [5.41, 5.74) is 0.585. The molecule has 4 heterocycles. The molecule has 2 N–H and O–H groups in total. The molecular weight excluding hydrogens is 284 g/mol. The number of likely N-dealkylation sites (tertiary alicyclic amines) is 1. The van der Waals surface area contributed by atoms with Gasteiger partial charge in [-0.2, -0.15) is 4.98 Å². The Kier molecular flexibility index (Phi) is 2.78. The molecule has 0 bridgehead atoms. The van der Waals surface area contributed by atoms with Crippen molar-refractivity contribution < 1.29 is 9.59 Å². The van der Waals surface area contributed by atoms with Gasteiger partial charge in [-0.05, 0) is 18.6 Å². The van der Waals surface area contributed by atoms with Crippen molar-refractivity contribution in [2.24, 2.45) is 5.41 Å². The van der Waals surface area contributed by atoms with Crippen molar-refractivity contribution in [2.45, 2.75) is 12.8 Å². The van der Waals surface area contributed by atoms with E-state index in [0.29, 0.717) is 31.7 Å². The lowest BCUT2D eigenvalue weighted by Gasteiger charge is -2.21. The molecular formula is C14H16N6O2. The highest BCUT2D eigenvalue weighted by Crippen LogP contribution is 2.36. The number of nitrogens with one attached hydrogen (secondary N) is 2. The van der Waals surface area contributed by atoms with Crippen molar-refractivity contribution in [3.8, 4) is 0 Å². The third-order valence-corrected chi connectivity index (χ3v) is 4.38. The number of nitrogens with zero attached hydrogens (tertiary/aromatic N) is 4. The zero-order chi connectivity index (χ0) is 15.2. The summed E-state index contributed by atoms with van der Waals surface area (Å²) in [6.45, 7) is 1.89. The normalized spacial score (nSPS) is 24.2. The van der Waals surface area contributed by atoms with Gasteiger partial charge in [-0.3, -0.25) is 10.1 Å². The second-order valence-electron chi connectivity index (χ2n) is 5.99. The lowest BCUT2D eigenvalue weighted by molar-refractivity contribution is -0.119. The summed E-state index contributed by atoms with van der Waals surface area (Å²) in [5, 5.41) is 9.79. The Morgan fingerprint density at radius 1 is 1.41 bits per heavy atom. The number of anilines is 1. The summed E-state index contributed by atoms with van der Waals surface area (Å²) in [7, 11) is 0. The molecule has 4 rings (SSSR count). The highest BCUT2D eigenvalue weighted by Gasteiger charge is 2.45. The number of carbonyl (C=O) groups excluding carboxylic acids is 2. The molecule has 1 spiro atoms. The minimum atomic E-state index is -0.216. The fourth-order valence-corrected chi connectivity index (χ4v) is 3.21. The summed E-state index contributed by atoms with van der Waals surface area (Å²) < 4.78 is 1.61. The monoisotopic (exact) mass is 300 g/mol. The topological polar surface area (TPSA) is 91.6 Å². The molecule has 1 atom stereocenters. The molecule has 0 aromatic carbocycles. The maximum Gasteiger partial charge on any atom is 0.324 e. The van der Waals surface area contributed by atoms with E-state index in [-0.39, 0.29) is 23.3 Å². The predicted octanol–water partition coefficient (Wildman–Crippen LogP) is 0.473. The van der Waals surface area contributed by atoms with Crippen LogP contribution in [0.2, 0.25) is 0 Å². The maximum absolute atomic E-state index is 12.3. The van der Waals surface area contributed by atoms with Crippen LogP contribution < -0.4 is 10.6 Å². The van der Waals surface area contributed by atoms with Gasteiger partial charge in [-0.1, -0.05) is 6.07 Å². The number of hydrogen-bond donors (Lipinski definition) is 2. The SMILES string of the molecule is O=C1CC2(CCN(C(=O)Nc3nc4ccccn4n3)C2)CN1. The second kappa shape index (κ2) is 4.69. The lowest BCUT2D eigenvalue weighted by Crippen LogP contribution is -2.36. The van der Waals surface area contributed by atoms with Gasteiger partial charge in [0.2, 0.25) is 5.91 Å². The third kappa shape index (κ3) is 2.16. The maximum atomic E-state index is 12.3. The van der Waals surface area contributed by atoms with Crippen LogP contribution in [0.25, 0.3) is 5.65 Å². The second-order valence-corrected chi connectivity index (χ2v) is 5.99. The molecule has 2 saturated heterocycles. The summed E-state index contributed by atoms with van der Waals surface area (Å²) in [4.78, 5) is 29.7. The van der Waals surface area contributed by atoms with Gasteiger partial charge in [0.15, 0.2) is 5.65 Å². The highest BCUT2D eigenvalue weighted by atomic mass is 16.2. The molecule has 8 nitrogen and oxygen atoms in total. The van der Waals surface area contributed by atoms with Crippen LogP contribution in [-0.2, 0) is 4.79 Å². The van der Waals surface area contributed by atoms with Gasteiger partial charge < -0.3 is 10.2 Å². The first-order valence-corrected chi connectivity index (χ1v) is 7.28. The minimum absolute atomic E-state index is 0.0734. The van der Waals surface area contributed by atoms with Gasteiger partial charge in [0.05, 0.1) is 0 Å². The van der Waals surface area contributed by atoms with Crippen LogP contribution in [-0.4, -0.2) is 51.1 Å². The molecule has 22 heavy (non-hydrogen) atoms. The molecule has 2 aromatic heterocycles. The van der Waals surface area contributed by atoms with Crippen molar-refractivity contribution in [1.29, 1.82) is 0 Å². The van der Waals surface area contributed by atoms with Crippen LogP contribution in [0.1, 0.15) is 12.8 Å². The number of hydrogen-bond acceptors (Lipinski definition) is 4. The molecule has 1 unspecified atom stereocenters. The average Bonchev–Trinajstić information content (AvgIpc) is 3.18. The molecule has 2 fully saturated rings. The van der Waals surface area contributed by atoms with Gasteiger partial charge in [-0.15, -0.1) is 5.10 Å². The quantitative estimate of drug-likeness (QED) is 0.801. The Labute approximate surface area is 126 Å². The van der Waals surface area contributed by atoms with E-state index in [1.807, 2.05) is 18.2 Å². The molecule has 0 saturated carbocycles. The lowest BCUT2D eigenvalue weighted by atomic mass is 9.86. The van der Waals surface area contributed by atoms with Crippen LogP contribution in [0.5, 0.6) is 0 Å². The number of aromatic nitrogens is 3. The summed E-state index contributed by atoms with van der Waals surface area (Å²) >= 11 is 0. The molecule has 2 aromatic rings. The fourth-order valence-electron chi connectivity index (χ4n) is 3.21. The van der Waals surface area contributed by atoms with Crippen LogP contribution >= 0.6 is 0 Å². The molecule has 8 heteroatoms. The Balaban J connectivity index is 1.45. The van der Waals surface area contributed by atoms with Crippen LogP contribution in [0.3, 0.4) is 0 Å². The summed E-state index contributed by atoms with van der Waals surface area (Å²) in [6.07, 6.45) is 3.12. The van der Waals surface area contributed by atoms with Gasteiger partial charge in [0.1, 0.15) is 0 Å². The van der Waals surface area contributed by atoms with E-state index in [1.54, 1.807) is 15.6 Å². The molecule has 0 radical (unpaired) electrons. The van der Waals surface area contributed by atoms with E-state index in [9.17, 15) is 9.59 Å². The molecule has 3 amide bonds. The zero-order valence-electron chi connectivity index (χ0n) is 12.0. The standard InChI is InChI=1S/C14H16N6O2/c21-11-7-14(8-15-11)4-6-19(9-14)13(22)17-12-16-10-3-1-2-5-20(10)18-12/h1-3,5H,4,6-9H2,(H,15,21)(H,17,18,22). The van der Waals surface area contributed by atoms with E-state index in [1.165, 1.54) is 0 Å². The van der Waals surface area contributed by atoms with E-state index in [4.69, 9.17) is 0 Å². The Hall–Kier alpha value is -2.64. The smallest absolute Gasteiger partial charge is 0.324 e. The Bertz CT molecular complexity index is 724. The van der Waals surface area contributed by atoms with Crippen LogP contribution in [0, 0.1) is 5.41 Å². The van der Waals surface area contributed by atoms with E-state index in [2.05, 4.69) is 20.7 Å². The van der Waals surface area contributed by atoms with Gasteiger partial charge in [0, 0.05) is 37.7 Å². The molecule has 0 aliphatic carbocycles. The number of urea groups is 1. The van der Waals surface area contributed by atoms with Crippen molar-refractivity contribution in [2.75, 3.05) is 25.0 Å².